The van der Waals surface area contributed by atoms with E-state index in [2.05, 4.69) is 48.6 Å². The molecule has 0 radical (unpaired) electrons. The molecule has 3 aromatic rings. The van der Waals surface area contributed by atoms with Gasteiger partial charge in [-0.2, -0.15) is 10.1 Å². The first-order chi connectivity index (χ1) is 13.7. The Balaban J connectivity index is 1.64. The Hall–Kier alpha value is -3.13. The van der Waals surface area contributed by atoms with E-state index in [1.165, 1.54) is 12.0 Å². The molecule has 0 unspecified atom stereocenters. The number of anilines is 4. The van der Waals surface area contributed by atoms with Crippen LogP contribution in [0.5, 0.6) is 0 Å². The van der Waals surface area contributed by atoms with Gasteiger partial charge in [-0.15, -0.1) is 0 Å². The van der Waals surface area contributed by atoms with Gasteiger partial charge in [0.15, 0.2) is 0 Å². The van der Waals surface area contributed by atoms with Crippen LogP contribution in [0.1, 0.15) is 30.1 Å². The van der Waals surface area contributed by atoms with Crippen LogP contribution in [0.3, 0.4) is 0 Å². The van der Waals surface area contributed by atoms with Crippen LogP contribution in [0, 0.1) is 6.92 Å². The molecule has 1 atom stereocenters. The summed E-state index contributed by atoms with van der Waals surface area (Å²) in [6.45, 7) is 3.02. The largest absolute Gasteiger partial charge is 0.386 e. The van der Waals surface area contributed by atoms with Gasteiger partial charge in [0.1, 0.15) is 5.82 Å². The molecule has 8 nitrogen and oxygen atoms in total. The Kier molecular flexibility index (Phi) is 5.12. The lowest BCUT2D eigenvalue weighted by Gasteiger charge is -2.13. The molecule has 0 saturated carbocycles. The highest BCUT2D eigenvalue weighted by atomic mass is 15.3. The van der Waals surface area contributed by atoms with Crippen molar-refractivity contribution in [3.05, 3.63) is 47.9 Å². The second kappa shape index (κ2) is 7.85. The van der Waals surface area contributed by atoms with E-state index in [0.29, 0.717) is 12.0 Å². The molecule has 146 valence electrons. The first kappa shape index (κ1) is 18.2. The zero-order chi connectivity index (χ0) is 19.5. The summed E-state index contributed by atoms with van der Waals surface area (Å²) in [5.41, 5.74) is 4.99. The molecule has 8 heteroatoms. The molecular formula is C20H26N8. The number of nitrogens with one attached hydrogen (secondary N) is 4. The number of aryl methyl sites for hydroxylation is 1. The Morgan fingerprint density at radius 3 is 2.79 bits per heavy atom. The van der Waals surface area contributed by atoms with Crippen molar-refractivity contribution in [2.45, 2.75) is 25.8 Å². The second-order valence-electron chi connectivity index (χ2n) is 6.94. The van der Waals surface area contributed by atoms with Crippen molar-refractivity contribution in [2.75, 3.05) is 36.6 Å². The lowest BCUT2D eigenvalue weighted by molar-refractivity contribution is 0.647. The number of benzene rings is 1. The lowest BCUT2D eigenvalue weighted by Crippen LogP contribution is -2.12. The quantitative estimate of drug-likeness (QED) is 0.523. The van der Waals surface area contributed by atoms with Crippen LogP contribution in [0.25, 0.3) is 5.69 Å². The molecule has 1 aromatic carbocycles. The van der Waals surface area contributed by atoms with Gasteiger partial charge in [-0.25, -0.2) is 9.67 Å². The monoisotopic (exact) mass is 378 g/mol. The molecule has 1 aliphatic rings. The molecule has 4 N–H and O–H groups in total. The first-order valence-electron chi connectivity index (χ1n) is 9.57. The zero-order valence-electron chi connectivity index (χ0n) is 16.5. The average molecular weight is 378 g/mol. The van der Waals surface area contributed by atoms with E-state index >= 15 is 0 Å². The Labute approximate surface area is 164 Å². The van der Waals surface area contributed by atoms with Gasteiger partial charge in [0.25, 0.3) is 0 Å². The van der Waals surface area contributed by atoms with Crippen LogP contribution in [0.15, 0.2) is 36.7 Å². The van der Waals surface area contributed by atoms with Gasteiger partial charge in [-0.1, -0.05) is 0 Å². The van der Waals surface area contributed by atoms with Gasteiger partial charge in [0, 0.05) is 49.3 Å². The third-order valence-corrected chi connectivity index (χ3v) is 4.95. The van der Waals surface area contributed by atoms with Crippen LogP contribution in [0.4, 0.5) is 23.1 Å². The maximum Gasteiger partial charge on any atom is 0.229 e. The average Bonchev–Trinajstić information content (AvgIpc) is 3.39. The zero-order valence-corrected chi connectivity index (χ0v) is 16.5. The molecule has 3 heterocycles. The fourth-order valence-electron chi connectivity index (χ4n) is 3.51. The van der Waals surface area contributed by atoms with Gasteiger partial charge < -0.3 is 21.3 Å². The van der Waals surface area contributed by atoms with Crippen molar-refractivity contribution < 1.29 is 0 Å². The van der Waals surface area contributed by atoms with Crippen LogP contribution in [0.2, 0.25) is 0 Å². The number of aromatic nitrogens is 4. The Morgan fingerprint density at radius 2 is 2.04 bits per heavy atom. The van der Waals surface area contributed by atoms with E-state index in [9.17, 15) is 0 Å². The summed E-state index contributed by atoms with van der Waals surface area (Å²) in [5, 5.41) is 17.7. The van der Waals surface area contributed by atoms with Gasteiger partial charge in [-0.3, -0.25) is 0 Å². The fourth-order valence-corrected chi connectivity index (χ4v) is 3.51. The second-order valence-corrected chi connectivity index (χ2v) is 6.94. The van der Waals surface area contributed by atoms with Crippen LogP contribution in [-0.2, 0) is 0 Å². The smallest absolute Gasteiger partial charge is 0.229 e. The van der Waals surface area contributed by atoms with E-state index in [1.54, 1.807) is 0 Å². The number of hydrogen-bond donors (Lipinski definition) is 4. The molecule has 0 bridgehead atoms. The fraction of sp³-hybridized carbons (Fsp3) is 0.350. The summed E-state index contributed by atoms with van der Waals surface area (Å²) < 4.78 is 1.92. The summed E-state index contributed by atoms with van der Waals surface area (Å²) in [5.74, 6) is 1.34. The van der Waals surface area contributed by atoms with Crippen LogP contribution < -0.4 is 21.3 Å². The van der Waals surface area contributed by atoms with Gasteiger partial charge in [-0.05, 0) is 44.5 Å². The Morgan fingerprint density at radius 1 is 1.14 bits per heavy atom. The molecule has 0 amide bonds. The maximum atomic E-state index is 4.60. The van der Waals surface area contributed by atoms with E-state index in [0.717, 1.165) is 41.5 Å². The van der Waals surface area contributed by atoms with Crippen molar-refractivity contribution >= 4 is 23.1 Å². The molecule has 28 heavy (non-hydrogen) atoms. The topological polar surface area (TPSA) is 91.7 Å². The van der Waals surface area contributed by atoms with Crippen LogP contribution >= 0.6 is 0 Å². The van der Waals surface area contributed by atoms with E-state index in [1.807, 2.05) is 50.1 Å². The maximum absolute atomic E-state index is 4.60. The van der Waals surface area contributed by atoms with Crippen molar-refractivity contribution in [1.82, 2.24) is 25.1 Å². The highest BCUT2D eigenvalue weighted by Gasteiger charge is 2.18. The third-order valence-electron chi connectivity index (χ3n) is 4.95. The molecule has 0 aliphatic carbocycles. The predicted octanol–water partition coefficient (Wildman–Crippen LogP) is 3.22. The van der Waals surface area contributed by atoms with E-state index in [-0.39, 0.29) is 0 Å². The van der Waals surface area contributed by atoms with Crippen molar-refractivity contribution in [2.24, 2.45) is 0 Å². The summed E-state index contributed by atoms with van der Waals surface area (Å²) in [4.78, 5) is 8.94. The minimum absolute atomic E-state index is 0.397. The normalized spacial score (nSPS) is 16.2. The van der Waals surface area contributed by atoms with E-state index < -0.39 is 0 Å². The van der Waals surface area contributed by atoms with Gasteiger partial charge >= 0.3 is 0 Å². The van der Waals surface area contributed by atoms with Crippen molar-refractivity contribution in [3.63, 3.8) is 0 Å². The predicted molar refractivity (Wildman–Crippen MR) is 113 cm³/mol. The lowest BCUT2D eigenvalue weighted by atomic mass is 10.1. The minimum Gasteiger partial charge on any atom is -0.386 e. The van der Waals surface area contributed by atoms with Crippen molar-refractivity contribution in [3.8, 4) is 5.69 Å². The third kappa shape index (κ3) is 3.77. The molecule has 0 spiro atoms. The highest BCUT2D eigenvalue weighted by molar-refractivity contribution is 5.69. The number of hydrogen-bond acceptors (Lipinski definition) is 7. The van der Waals surface area contributed by atoms with E-state index in [4.69, 9.17) is 0 Å². The van der Waals surface area contributed by atoms with Gasteiger partial charge in [0.05, 0.1) is 17.6 Å². The molecule has 1 aliphatic heterocycles. The summed E-state index contributed by atoms with van der Waals surface area (Å²) >= 11 is 0. The molecule has 4 rings (SSSR count). The standard InChI is InChI=1S/C20H26N8/c1-13-9-19(22-3)27-20(25-13)26-15-6-7-17(21-2)18(10-15)28-12-14(11-24-28)16-5-4-8-23-16/h6-7,9-12,16,21,23H,4-5,8H2,1-3H3,(H2,22,25,26,27)/t16-/m0/s1. The minimum atomic E-state index is 0.397. The summed E-state index contributed by atoms with van der Waals surface area (Å²) in [6, 6.07) is 8.39. The highest BCUT2D eigenvalue weighted by Crippen LogP contribution is 2.28. The molecule has 1 fully saturated rings. The number of rotatable bonds is 6. The van der Waals surface area contributed by atoms with Crippen molar-refractivity contribution in [1.29, 1.82) is 0 Å². The SMILES string of the molecule is CNc1cc(C)nc(Nc2ccc(NC)c(-n3cc([C@@H]4CCCN4)cn3)c2)n1. The summed E-state index contributed by atoms with van der Waals surface area (Å²) in [7, 11) is 3.76. The number of nitrogens with zero attached hydrogens (tertiary/aromatic N) is 4. The van der Waals surface area contributed by atoms with Crippen LogP contribution in [-0.4, -0.2) is 40.4 Å². The first-order valence-corrected chi connectivity index (χ1v) is 9.57. The molecular weight excluding hydrogens is 352 g/mol. The molecule has 1 saturated heterocycles. The summed E-state index contributed by atoms with van der Waals surface area (Å²) in [6.07, 6.45) is 6.42. The molecule has 2 aromatic heterocycles. The Bertz CT molecular complexity index is 959. The van der Waals surface area contributed by atoms with Gasteiger partial charge in [0.2, 0.25) is 5.95 Å².